The van der Waals surface area contributed by atoms with Gasteiger partial charge in [0, 0.05) is 26.1 Å². The van der Waals surface area contributed by atoms with Crippen molar-refractivity contribution in [2.75, 3.05) is 19.6 Å². The Bertz CT molecular complexity index is 157. The van der Waals surface area contributed by atoms with Gasteiger partial charge in [-0.05, 0) is 5.41 Å². The molecular weight excluding hydrogens is 150 g/mol. The lowest BCUT2D eigenvalue weighted by atomic mass is 9.92. The van der Waals surface area contributed by atoms with Gasteiger partial charge in [-0.3, -0.25) is 4.90 Å². The van der Waals surface area contributed by atoms with Crippen molar-refractivity contribution in [2.45, 2.75) is 39.4 Å². The minimum atomic E-state index is 0.434. The van der Waals surface area contributed by atoms with Crippen LogP contribution in [0.1, 0.15) is 27.2 Å². The van der Waals surface area contributed by atoms with Gasteiger partial charge >= 0.3 is 0 Å². The largest absolute Gasteiger partial charge is 0.372 e. The Kier molecular flexibility index (Phi) is 1.92. The molecule has 3 heterocycles. The highest BCUT2D eigenvalue weighted by molar-refractivity contribution is 4.90. The Morgan fingerprint density at radius 1 is 1.25 bits per heavy atom. The van der Waals surface area contributed by atoms with Crippen molar-refractivity contribution in [1.82, 2.24) is 4.90 Å². The molecule has 2 atom stereocenters. The van der Waals surface area contributed by atoms with Crippen LogP contribution < -0.4 is 0 Å². The summed E-state index contributed by atoms with van der Waals surface area (Å²) in [6.07, 6.45) is 2.43. The second-order valence-electron chi connectivity index (χ2n) is 5.37. The van der Waals surface area contributed by atoms with Crippen LogP contribution in [-0.2, 0) is 4.74 Å². The minimum Gasteiger partial charge on any atom is -0.372 e. The summed E-state index contributed by atoms with van der Waals surface area (Å²) in [4.78, 5) is 2.54. The number of rotatable bonds is 1. The first-order valence-electron chi connectivity index (χ1n) is 4.91. The molecule has 0 amide bonds. The van der Waals surface area contributed by atoms with Crippen molar-refractivity contribution >= 4 is 0 Å². The lowest BCUT2D eigenvalue weighted by Crippen LogP contribution is -2.58. The Morgan fingerprint density at radius 2 is 1.75 bits per heavy atom. The Labute approximate surface area is 74.9 Å². The van der Waals surface area contributed by atoms with E-state index in [0.29, 0.717) is 17.6 Å². The van der Waals surface area contributed by atoms with Gasteiger partial charge in [-0.15, -0.1) is 0 Å². The second-order valence-corrected chi connectivity index (χ2v) is 5.37. The normalized spacial score (nSPS) is 36.2. The van der Waals surface area contributed by atoms with Crippen LogP contribution in [0.2, 0.25) is 0 Å². The molecule has 3 rings (SSSR count). The topological polar surface area (TPSA) is 12.5 Å². The van der Waals surface area contributed by atoms with Crippen molar-refractivity contribution in [1.29, 1.82) is 0 Å². The molecule has 2 heteroatoms. The molecule has 70 valence electrons. The van der Waals surface area contributed by atoms with Crippen LogP contribution in [0.4, 0.5) is 0 Å². The molecule has 0 saturated carbocycles. The van der Waals surface area contributed by atoms with E-state index in [2.05, 4.69) is 25.7 Å². The highest BCUT2D eigenvalue weighted by Gasteiger charge is 2.38. The smallest absolute Gasteiger partial charge is 0.0731 e. The number of nitrogens with zero attached hydrogens (tertiary/aromatic N) is 1. The number of morpholine rings is 1. The molecule has 0 aromatic heterocycles. The van der Waals surface area contributed by atoms with Crippen LogP contribution >= 0.6 is 0 Å². The fourth-order valence-corrected chi connectivity index (χ4v) is 2.24. The molecular formula is C10H19NO. The van der Waals surface area contributed by atoms with Gasteiger partial charge in [-0.2, -0.15) is 0 Å². The predicted octanol–water partition coefficient (Wildman–Crippen LogP) is 1.51. The molecule has 0 radical (unpaired) electrons. The summed E-state index contributed by atoms with van der Waals surface area (Å²) >= 11 is 0. The third-order valence-electron chi connectivity index (χ3n) is 2.53. The van der Waals surface area contributed by atoms with E-state index < -0.39 is 0 Å². The summed E-state index contributed by atoms with van der Waals surface area (Å²) < 4.78 is 5.58. The van der Waals surface area contributed by atoms with Gasteiger partial charge in [0.1, 0.15) is 0 Å². The van der Waals surface area contributed by atoms with Crippen LogP contribution in [0.5, 0.6) is 0 Å². The second kappa shape index (κ2) is 2.71. The van der Waals surface area contributed by atoms with Gasteiger partial charge in [0.15, 0.2) is 0 Å². The van der Waals surface area contributed by atoms with Crippen LogP contribution in [0, 0.1) is 5.41 Å². The predicted molar refractivity (Wildman–Crippen MR) is 49.2 cm³/mol. The maximum absolute atomic E-state index is 5.58. The highest BCUT2D eigenvalue weighted by atomic mass is 16.5. The maximum atomic E-state index is 5.58. The highest BCUT2D eigenvalue weighted by Crippen LogP contribution is 2.29. The van der Waals surface area contributed by atoms with Gasteiger partial charge in [0.05, 0.1) is 12.2 Å². The molecule has 0 aromatic carbocycles. The summed E-state index contributed by atoms with van der Waals surface area (Å²) in [7, 11) is 0. The fraction of sp³-hybridized carbons (Fsp3) is 1.00. The third-order valence-corrected chi connectivity index (χ3v) is 2.53. The minimum absolute atomic E-state index is 0.434. The molecule has 3 aliphatic heterocycles. The Balaban J connectivity index is 1.82. The lowest BCUT2D eigenvalue weighted by Gasteiger charge is -2.48. The van der Waals surface area contributed by atoms with E-state index in [4.69, 9.17) is 4.74 Å². The summed E-state index contributed by atoms with van der Waals surface area (Å²) in [6.45, 7) is 10.4. The van der Waals surface area contributed by atoms with Crippen molar-refractivity contribution in [3.63, 3.8) is 0 Å². The number of hydrogen-bond acceptors (Lipinski definition) is 2. The van der Waals surface area contributed by atoms with Gasteiger partial charge in [0.25, 0.3) is 0 Å². The number of piperidine rings is 1. The quantitative estimate of drug-likeness (QED) is 0.590. The van der Waals surface area contributed by atoms with Gasteiger partial charge in [-0.1, -0.05) is 20.8 Å². The van der Waals surface area contributed by atoms with E-state index >= 15 is 0 Å². The summed E-state index contributed by atoms with van der Waals surface area (Å²) in [5.74, 6) is 0. The van der Waals surface area contributed by atoms with Crippen molar-refractivity contribution in [3.05, 3.63) is 0 Å². The zero-order chi connectivity index (χ0) is 8.77. The first-order valence-corrected chi connectivity index (χ1v) is 4.91. The van der Waals surface area contributed by atoms with Crippen LogP contribution in [0.3, 0.4) is 0 Å². The standard InChI is InChI=1S/C10H19NO/c1-10(2,3)7-11-5-8-4-9(6-11)12-8/h8-9H,4-7H2,1-3H3. The third kappa shape index (κ3) is 1.80. The zero-order valence-corrected chi connectivity index (χ0v) is 8.34. The van der Waals surface area contributed by atoms with Crippen LogP contribution in [0.25, 0.3) is 0 Å². The lowest BCUT2D eigenvalue weighted by molar-refractivity contribution is -0.184. The molecule has 2 nitrogen and oxygen atoms in total. The molecule has 2 unspecified atom stereocenters. The average Bonchev–Trinajstić information content (AvgIpc) is 1.80. The van der Waals surface area contributed by atoms with Crippen molar-refractivity contribution in [3.8, 4) is 0 Å². The van der Waals surface area contributed by atoms with Gasteiger partial charge in [-0.25, -0.2) is 0 Å². The molecule has 0 aliphatic carbocycles. The average molecular weight is 169 g/mol. The van der Waals surface area contributed by atoms with Crippen LogP contribution in [0.15, 0.2) is 0 Å². The Morgan fingerprint density at radius 3 is 2.17 bits per heavy atom. The van der Waals surface area contributed by atoms with E-state index in [9.17, 15) is 0 Å². The van der Waals surface area contributed by atoms with E-state index in [0.717, 1.165) is 13.1 Å². The number of hydrogen-bond donors (Lipinski definition) is 0. The van der Waals surface area contributed by atoms with E-state index in [1.54, 1.807) is 0 Å². The molecule has 2 bridgehead atoms. The SMILES string of the molecule is CC(C)(C)CN1CC2CC(C1)O2. The molecule has 3 saturated heterocycles. The van der Waals surface area contributed by atoms with E-state index in [-0.39, 0.29) is 0 Å². The molecule has 12 heavy (non-hydrogen) atoms. The van der Waals surface area contributed by atoms with Crippen LogP contribution in [-0.4, -0.2) is 36.7 Å². The molecule has 0 spiro atoms. The molecule has 3 fully saturated rings. The fourth-order valence-electron chi connectivity index (χ4n) is 2.24. The number of fused-ring (bicyclic) bond motifs is 2. The zero-order valence-electron chi connectivity index (χ0n) is 8.34. The first-order chi connectivity index (χ1) is 5.53. The monoisotopic (exact) mass is 169 g/mol. The Hall–Kier alpha value is -0.0800. The van der Waals surface area contributed by atoms with E-state index in [1.165, 1.54) is 13.0 Å². The van der Waals surface area contributed by atoms with Crippen molar-refractivity contribution in [2.24, 2.45) is 5.41 Å². The van der Waals surface area contributed by atoms with Gasteiger partial charge < -0.3 is 4.74 Å². The van der Waals surface area contributed by atoms with Gasteiger partial charge in [0.2, 0.25) is 0 Å². The summed E-state index contributed by atoms with van der Waals surface area (Å²) in [5, 5.41) is 0. The summed E-state index contributed by atoms with van der Waals surface area (Å²) in [5.41, 5.74) is 0.434. The maximum Gasteiger partial charge on any atom is 0.0731 e. The summed E-state index contributed by atoms with van der Waals surface area (Å²) in [6, 6.07) is 0. The molecule has 0 aromatic rings. The first kappa shape index (κ1) is 8.52. The van der Waals surface area contributed by atoms with E-state index in [1.807, 2.05) is 0 Å². The molecule has 3 aliphatic rings. The number of ether oxygens (including phenoxy) is 1. The molecule has 0 N–H and O–H groups in total. The van der Waals surface area contributed by atoms with Crippen molar-refractivity contribution < 1.29 is 4.74 Å².